The highest BCUT2D eigenvalue weighted by atomic mass is 28.5. The lowest BCUT2D eigenvalue weighted by Crippen LogP contribution is -2.56. The van der Waals surface area contributed by atoms with Crippen molar-refractivity contribution in [2.24, 2.45) is 0 Å². The summed E-state index contributed by atoms with van der Waals surface area (Å²) in [6, 6.07) is 0. The van der Waals surface area contributed by atoms with Gasteiger partial charge in [-0.3, -0.25) is 0 Å². The molecule has 0 rings (SSSR count). The topological polar surface area (TPSA) is 212 Å². The van der Waals surface area contributed by atoms with Crippen LogP contribution in [0.4, 0.5) is 0 Å². The molecular weight excluding hydrogens is 432 g/mol. The second-order valence-corrected chi connectivity index (χ2v) is 18.2. The zero-order valence-corrected chi connectivity index (χ0v) is 21.2. The van der Waals surface area contributed by atoms with Crippen molar-refractivity contribution in [1.82, 2.24) is 0 Å². The van der Waals surface area contributed by atoms with Crippen LogP contribution in [0.25, 0.3) is 0 Å². The van der Waals surface area contributed by atoms with Crippen molar-refractivity contribution in [1.29, 1.82) is 0 Å². The molecule has 0 amide bonds. The molecule has 10 N–H and O–H groups in total. The van der Waals surface area contributed by atoms with Crippen molar-refractivity contribution in [3.63, 3.8) is 0 Å². The Hall–Kier alpha value is 0.428. The van der Waals surface area contributed by atoms with Crippen molar-refractivity contribution in [3.05, 3.63) is 0 Å². The first-order valence-electron chi connectivity index (χ1n) is 8.42. The largest absolute Gasteiger partial charge is 0.495 e. The first-order chi connectivity index (χ1) is 11.5. The van der Waals surface area contributed by atoms with Gasteiger partial charge in [0.25, 0.3) is 0 Å². The summed E-state index contributed by atoms with van der Waals surface area (Å²) < 4.78 is 4.65. The predicted octanol–water partition coefficient (Wildman–Crippen LogP) is -1.71. The van der Waals surface area contributed by atoms with Crippen LogP contribution in [-0.2, 0) is 4.12 Å². The van der Waals surface area contributed by atoms with Crippen LogP contribution < -0.4 is 0 Å². The lowest BCUT2D eigenvalue weighted by Gasteiger charge is -2.30. The molecule has 27 heavy (non-hydrogen) atoms. The summed E-state index contributed by atoms with van der Waals surface area (Å²) in [5.41, 5.74) is -1.77. The van der Waals surface area contributed by atoms with Crippen molar-refractivity contribution in [2.75, 3.05) is 0 Å². The Morgan fingerprint density at radius 2 is 0.556 bits per heavy atom. The average Bonchev–Trinajstić information content (AvgIpc) is 2.35. The molecule has 0 aromatic heterocycles. The van der Waals surface area contributed by atoms with Crippen LogP contribution in [-0.4, -0.2) is 83.2 Å². The van der Waals surface area contributed by atoms with Gasteiger partial charge in [-0.2, -0.15) is 0 Å². The molecule has 0 bridgehead atoms. The zero-order valence-electron chi connectivity index (χ0n) is 17.2. The van der Waals surface area contributed by atoms with Crippen LogP contribution >= 0.6 is 0 Å². The normalized spacial score (nSPS) is 13.6. The molecule has 11 nitrogen and oxygen atoms in total. The van der Waals surface area contributed by atoms with E-state index in [1.54, 1.807) is 55.4 Å². The standard InChI is InChI=1S/C6H18O5Si2.2C3H10O3Si/c1-5(2)12(7,8)11-13(9,10)6(3)4;2*1-3(2)7(4,5)6/h5-10H,1-4H3;2*3-6H,1-2H3. The molecule has 0 aliphatic heterocycles. The van der Waals surface area contributed by atoms with Gasteiger partial charge in [-0.25, -0.2) is 0 Å². The Kier molecular flexibility index (Phi) is 14.5. The molecule has 15 heteroatoms. The summed E-state index contributed by atoms with van der Waals surface area (Å²) in [6.45, 7) is 12.5. The fourth-order valence-electron chi connectivity index (χ4n) is 0.457. The van der Waals surface area contributed by atoms with E-state index in [9.17, 15) is 19.2 Å². The van der Waals surface area contributed by atoms with Gasteiger partial charge in [0.1, 0.15) is 0 Å². The molecule has 0 aromatic rings. The van der Waals surface area contributed by atoms with Gasteiger partial charge in [0.05, 0.1) is 0 Å². The number of rotatable bonds is 6. The molecule has 0 saturated carbocycles. The molecule has 0 atom stereocenters. The summed E-state index contributed by atoms with van der Waals surface area (Å²) in [4.78, 5) is 87.5. The zero-order chi connectivity index (χ0) is 23.0. The third-order valence-electron chi connectivity index (χ3n) is 3.35. The van der Waals surface area contributed by atoms with Crippen LogP contribution in [0.2, 0.25) is 22.2 Å². The van der Waals surface area contributed by atoms with Gasteiger partial charge in [0.15, 0.2) is 0 Å². The first-order valence-corrected chi connectivity index (χ1v) is 16.0. The molecule has 0 radical (unpaired) electrons. The van der Waals surface area contributed by atoms with Crippen LogP contribution in [0, 0.1) is 0 Å². The Morgan fingerprint density at radius 3 is 0.630 bits per heavy atom. The van der Waals surface area contributed by atoms with E-state index >= 15 is 0 Å². The summed E-state index contributed by atoms with van der Waals surface area (Å²) in [5.74, 6) is 0. The van der Waals surface area contributed by atoms with Crippen molar-refractivity contribution in [2.45, 2.75) is 77.6 Å². The maximum absolute atomic E-state index is 9.36. The Morgan fingerprint density at radius 1 is 0.407 bits per heavy atom. The molecule has 0 aliphatic carbocycles. The van der Waals surface area contributed by atoms with Crippen molar-refractivity contribution in [3.8, 4) is 0 Å². The van der Waals surface area contributed by atoms with E-state index in [0.29, 0.717) is 0 Å². The molecule has 0 unspecified atom stereocenters. The second-order valence-electron chi connectivity index (χ2n) is 7.41. The quantitative estimate of drug-likeness (QED) is 0.197. The van der Waals surface area contributed by atoms with Crippen molar-refractivity contribution >= 4 is 35.2 Å². The fraction of sp³-hybridized carbons (Fsp3) is 1.00. The minimum absolute atomic E-state index is 0.396. The first kappa shape index (κ1) is 32.1. The highest BCUT2D eigenvalue weighted by molar-refractivity contribution is 6.73. The fourth-order valence-corrected chi connectivity index (χ4v) is 4.11. The van der Waals surface area contributed by atoms with E-state index in [0.717, 1.165) is 0 Å². The van der Waals surface area contributed by atoms with Crippen molar-refractivity contribution < 1.29 is 52.1 Å². The molecule has 0 aromatic carbocycles. The van der Waals surface area contributed by atoms with Gasteiger partial charge < -0.3 is 52.1 Å². The van der Waals surface area contributed by atoms with E-state index in [-0.39, 0.29) is 0 Å². The molecule has 0 heterocycles. The Bertz CT molecular complexity index is 354. The van der Waals surface area contributed by atoms with E-state index in [1.807, 2.05) is 0 Å². The van der Waals surface area contributed by atoms with E-state index < -0.39 is 57.4 Å². The molecule has 0 saturated heterocycles. The highest BCUT2D eigenvalue weighted by Crippen LogP contribution is 2.24. The number of hydrogen-bond acceptors (Lipinski definition) is 11. The van der Waals surface area contributed by atoms with Gasteiger partial charge in [0, 0.05) is 22.2 Å². The van der Waals surface area contributed by atoms with Gasteiger partial charge in [-0.1, -0.05) is 55.4 Å². The third kappa shape index (κ3) is 17.0. The van der Waals surface area contributed by atoms with Gasteiger partial charge in [-0.05, 0) is 0 Å². The molecule has 168 valence electrons. The van der Waals surface area contributed by atoms with Gasteiger partial charge >= 0.3 is 35.2 Å². The maximum Gasteiger partial charge on any atom is 0.495 e. The summed E-state index contributed by atoms with van der Waals surface area (Å²) >= 11 is 0. The van der Waals surface area contributed by atoms with E-state index in [4.69, 9.17) is 28.8 Å². The van der Waals surface area contributed by atoms with Crippen LogP contribution in [0.15, 0.2) is 0 Å². The minimum atomic E-state index is -3.92. The third-order valence-corrected chi connectivity index (χ3v) is 11.9. The molecular formula is C12H38O11Si4. The van der Waals surface area contributed by atoms with Crippen LogP contribution in [0.3, 0.4) is 0 Å². The number of hydrogen-bond donors (Lipinski definition) is 10. The molecule has 0 fully saturated rings. The SMILES string of the molecule is CC(C)[Si](O)(O)O.CC(C)[Si](O)(O)O.CC(C)[Si](O)(O)O[Si](O)(O)C(C)C. The van der Waals surface area contributed by atoms with Crippen LogP contribution in [0.1, 0.15) is 55.4 Å². The minimum Gasteiger partial charge on any atom is -0.390 e. The maximum atomic E-state index is 9.36. The molecule has 0 aliphatic rings. The second kappa shape index (κ2) is 12.2. The average molecular weight is 471 g/mol. The van der Waals surface area contributed by atoms with E-state index in [1.165, 1.54) is 0 Å². The summed E-state index contributed by atoms with van der Waals surface area (Å²) in [7, 11) is -15.3. The Balaban J connectivity index is -0.000000350. The highest BCUT2D eigenvalue weighted by Gasteiger charge is 2.49. The lowest BCUT2D eigenvalue weighted by atomic mass is 10.6. The van der Waals surface area contributed by atoms with E-state index in [2.05, 4.69) is 4.12 Å². The molecule has 0 spiro atoms. The smallest absolute Gasteiger partial charge is 0.390 e. The Labute approximate surface area is 165 Å². The van der Waals surface area contributed by atoms with Gasteiger partial charge in [0.2, 0.25) is 0 Å². The lowest BCUT2D eigenvalue weighted by molar-refractivity contribution is 0.141. The predicted molar refractivity (Wildman–Crippen MR) is 107 cm³/mol. The monoisotopic (exact) mass is 470 g/mol. The van der Waals surface area contributed by atoms with Crippen LogP contribution in [0.5, 0.6) is 0 Å². The summed E-state index contributed by atoms with van der Waals surface area (Å²) in [6.07, 6.45) is 0. The van der Waals surface area contributed by atoms with Gasteiger partial charge in [-0.15, -0.1) is 0 Å². The summed E-state index contributed by atoms with van der Waals surface area (Å²) in [5, 5.41) is 0.